The topological polar surface area (TPSA) is 60.9 Å². The second-order valence-corrected chi connectivity index (χ2v) is 7.34. The van der Waals surface area contributed by atoms with Crippen LogP contribution in [0.2, 0.25) is 0 Å². The zero-order valence-corrected chi connectivity index (χ0v) is 15.7. The van der Waals surface area contributed by atoms with Gasteiger partial charge in [0, 0.05) is 5.56 Å². The number of aromatic nitrogens is 6. The van der Waals surface area contributed by atoms with E-state index in [1.807, 2.05) is 58.7 Å². The molecule has 0 amide bonds. The number of fused-ring (bicyclic) bond motifs is 1. The normalized spacial score (nSPS) is 11.3. The largest absolute Gasteiger partial charge is 0.237 e. The average Bonchev–Trinajstić information content (AvgIpc) is 3.37. The summed E-state index contributed by atoms with van der Waals surface area (Å²) in [6, 6.07) is 18.4. The molecule has 0 saturated carbocycles. The van der Waals surface area contributed by atoms with Crippen molar-refractivity contribution >= 4 is 16.3 Å². The van der Waals surface area contributed by atoms with Gasteiger partial charge < -0.3 is 0 Å². The van der Waals surface area contributed by atoms with Crippen LogP contribution in [-0.2, 0) is 0 Å². The van der Waals surface area contributed by atoms with Crippen LogP contribution in [0.4, 0.5) is 0 Å². The standard InChI is InChI=1S/C20H16N6S/c1-13-7-6-8-15(11-13)19-24-26-18(22-23-20(26)27-19)17-12-21-25(14(17)2)16-9-4-3-5-10-16/h3-12H,1-2H3. The van der Waals surface area contributed by atoms with Crippen molar-refractivity contribution in [2.45, 2.75) is 13.8 Å². The molecule has 27 heavy (non-hydrogen) atoms. The molecule has 0 spiro atoms. The molecule has 0 radical (unpaired) electrons. The van der Waals surface area contributed by atoms with E-state index >= 15 is 0 Å². The lowest BCUT2D eigenvalue weighted by atomic mass is 10.1. The highest BCUT2D eigenvalue weighted by Crippen LogP contribution is 2.30. The lowest BCUT2D eigenvalue weighted by Gasteiger charge is -2.04. The number of hydrogen-bond donors (Lipinski definition) is 0. The molecule has 0 N–H and O–H groups in total. The van der Waals surface area contributed by atoms with Gasteiger partial charge in [0.1, 0.15) is 5.01 Å². The lowest BCUT2D eigenvalue weighted by molar-refractivity contribution is 0.846. The Bertz CT molecular complexity index is 1250. The molecule has 0 bridgehead atoms. The Morgan fingerprint density at radius 3 is 2.59 bits per heavy atom. The van der Waals surface area contributed by atoms with Crippen molar-refractivity contribution in [3.63, 3.8) is 0 Å². The Hall–Kier alpha value is -3.32. The number of benzene rings is 2. The van der Waals surface area contributed by atoms with Crippen molar-refractivity contribution < 1.29 is 0 Å². The van der Waals surface area contributed by atoms with E-state index in [4.69, 9.17) is 5.10 Å². The molecule has 3 heterocycles. The van der Waals surface area contributed by atoms with Gasteiger partial charge in [0.2, 0.25) is 4.96 Å². The van der Waals surface area contributed by atoms with Gasteiger partial charge in [0.05, 0.1) is 23.1 Å². The maximum atomic E-state index is 4.76. The van der Waals surface area contributed by atoms with Crippen LogP contribution in [0.15, 0.2) is 60.8 Å². The van der Waals surface area contributed by atoms with Gasteiger partial charge in [-0.2, -0.15) is 14.7 Å². The molecule has 5 aromatic rings. The summed E-state index contributed by atoms with van der Waals surface area (Å²) in [5, 5.41) is 18.9. The molecule has 0 aliphatic heterocycles. The van der Waals surface area contributed by atoms with E-state index in [1.165, 1.54) is 16.9 Å². The number of rotatable bonds is 3. The van der Waals surface area contributed by atoms with Gasteiger partial charge in [0.25, 0.3) is 0 Å². The third kappa shape index (κ3) is 2.63. The molecule has 7 heteroatoms. The first-order valence-corrected chi connectivity index (χ1v) is 9.42. The quantitative estimate of drug-likeness (QED) is 0.473. The summed E-state index contributed by atoms with van der Waals surface area (Å²) in [4.78, 5) is 0.772. The second kappa shape index (κ2) is 6.14. The molecule has 2 aromatic carbocycles. The van der Waals surface area contributed by atoms with E-state index in [0.29, 0.717) is 5.82 Å². The van der Waals surface area contributed by atoms with Crippen LogP contribution in [-0.4, -0.2) is 29.6 Å². The van der Waals surface area contributed by atoms with E-state index in [2.05, 4.69) is 40.4 Å². The van der Waals surface area contributed by atoms with Gasteiger partial charge in [-0.15, -0.1) is 10.2 Å². The molecule has 0 saturated heterocycles. The first-order valence-electron chi connectivity index (χ1n) is 8.60. The number of para-hydroxylation sites is 1. The Balaban J connectivity index is 1.61. The van der Waals surface area contributed by atoms with E-state index in [9.17, 15) is 0 Å². The van der Waals surface area contributed by atoms with Crippen LogP contribution in [0.5, 0.6) is 0 Å². The summed E-state index contributed by atoms with van der Waals surface area (Å²) in [6.45, 7) is 4.11. The Morgan fingerprint density at radius 2 is 1.78 bits per heavy atom. The highest BCUT2D eigenvalue weighted by molar-refractivity contribution is 7.19. The summed E-state index contributed by atoms with van der Waals surface area (Å²) in [7, 11) is 0. The zero-order chi connectivity index (χ0) is 18.4. The SMILES string of the molecule is Cc1cccc(-c2nn3c(-c4cnn(-c5ccccc5)c4C)nnc3s2)c1. The van der Waals surface area contributed by atoms with E-state index < -0.39 is 0 Å². The molecular weight excluding hydrogens is 356 g/mol. The van der Waals surface area contributed by atoms with E-state index in [1.54, 1.807) is 0 Å². The molecule has 6 nitrogen and oxygen atoms in total. The third-order valence-corrected chi connectivity index (χ3v) is 5.46. The van der Waals surface area contributed by atoms with Crippen molar-refractivity contribution in [2.24, 2.45) is 0 Å². The van der Waals surface area contributed by atoms with Crippen LogP contribution in [0, 0.1) is 13.8 Å². The van der Waals surface area contributed by atoms with Gasteiger partial charge in [-0.1, -0.05) is 53.3 Å². The smallest absolute Gasteiger partial charge is 0.235 e. The van der Waals surface area contributed by atoms with E-state index in [-0.39, 0.29) is 0 Å². The van der Waals surface area contributed by atoms with Gasteiger partial charge in [-0.25, -0.2) is 4.68 Å². The third-order valence-electron chi connectivity index (χ3n) is 4.51. The number of aryl methyl sites for hydroxylation is 1. The fraction of sp³-hybridized carbons (Fsp3) is 0.100. The number of nitrogens with zero attached hydrogens (tertiary/aromatic N) is 6. The Morgan fingerprint density at radius 1 is 0.926 bits per heavy atom. The monoisotopic (exact) mass is 372 g/mol. The lowest BCUT2D eigenvalue weighted by Crippen LogP contribution is -1.99. The predicted molar refractivity (Wildman–Crippen MR) is 106 cm³/mol. The zero-order valence-electron chi connectivity index (χ0n) is 14.9. The molecule has 3 aromatic heterocycles. The van der Waals surface area contributed by atoms with Gasteiger partial charge in [-0.05, 0) is 32.0 Å². The molecule has 0 atom stereocenters. The van der Waals surface area contributed by atoms with Gasteiger partial charge in [-0.3, -0.25) is 0 Å². The molecular formula is C20H16N6S. The molecule has 0 aliphatic rings. The Kier molecular flexibility index (Phi) is 3.61. The van der Waals surface area contributed by atoms with Crippen molar-refractivity contribution in [1.29, 1.82) is 0 Å². The summed E-state index contributed by atoms with van der Waals surface area (Å²) < 4.78 is 3.71. The first-order chi connectivity index (χ1) is 13.2. The number of hydrogen-bond acceptors (Lipinski definition) is 5. The fourth-order valence-corrected chi connectivity index (χ4v) is 3.97. The first kappa shape index (κ1) is 15.9. The van der Waals surface area contributed by atoms with Crippen molar-refractivity contribution in [3.05, 3.63) is 72.1 Å². The van der Waals surface area contributed by atoms with Crippen LogP contribution >= 0.6 is 11.3 Å². The summed E-state index contributed by atoms with van der Waals surface area (Å²) in [6.07, 6.45) is 1.82. The van der Waals surface area contributed by atoms with Gasteiger partial charge in [0.15, 0.2) is 5.82 Å². The average molecular weight is 372 g/mol. The molecule has 0 aliphatic carbocycles. The highest BCUT2D eigenvalue weighted by Gasteiger charge is 2.19. The predicted octanol–water partition coefficient (Wildman–Crippen LogP) is 4.32. The Labute approximate surface area is 159 Å². The van der Waals surface area contributed by atoms with Crippen molar-refractivity contribution in [2.75, 3.05) is 0 Å². The maximum absolute atomic E-state index is 4.76. The van der Waals surface area contributed by atoms with Crippen LogP contribution < -0.4 is 0 Å². The maximum Gasteiger partial charge on any atom is 0.235 e. The summed E-state index contributed by atoms with van der Waals surface area (Å²) >= 11 is 1.53. The van der Waals surface area contributed by atoms with Crippen molar-refractivity contribution in [3.8, 4) is 27.6 Å². The minimum absolute atomic E-state index is 0.708. The second-order valence-electron chi connectivity index (χ2n) is 6.39. The fourth-order valence-electron chi connectivity index (χ4n) is 3.14. The minimum Gasteiger partial charge on any atom is -0.237 e. The van der Waals surface area contributed by atoms with E-state index in [0.717, 1.165) is 32.5 Å². The highest BCUT2D eigenvalue weighted by atomic mass is 32.1. The van der Waals surface area contributed by atoms with Crippen LogP contribution in [0.1, 0.15) is 11.3 Å². The molecule has 0 unspecified atom stereocenters. The molecule has 5 rings (SSSR count). The summed E-state index contributed by atoms with van der Waals surface area (Å²) in [5.41, 5.74) is 5.24. The molecule has 0 fully saturated rings. The van der Waals surface area contributed by atoms with Crippen molar-refractivity contribution in [1.82, 2.24) is 29.6 Å². The summed E-state index contributed by atoms with van der Waals surface area (Å²) in [5.74, 6) is 0.708. The van der Waals surface area contributed by atoms with Crippen LogP contribution in [0.25, 0.3) is 32.6 Å². The minimum atomic E-state index is 0.708. The molecule has 132 valence electrons. The van der Waals surface area contributed by atoms with Gasteiger partial charge >= 0.3 is 0 Å². The van der Waals surface area contributed by atoms with Crippen LogP contribution in [0.3, 0.4) is 0 Å².